The number of methoxy groups -OCH3 is 1. The van der Waals surface area contributed by atoms with E-state index in [1.807, 2.05) is 41.4 Å². The summed E-state index contributed by atoms with van der Waals surface area (Å²) in [6, 6.07) is 22.5. The van der Waals surface area contributed by atoms with Crippen LogP contribution in [0.3, 0.4) is 0 Å². The minimum atomic E-state index is -0.689. The van der Waals surface area contributed by atoms with Crippen LogP contribution in [0.25, 0.3) is 33.2 Å². The van der Waals surface area contributed by atoms with Gasteiger partial charge in [0, 0.05) is 107 Å². The molecule has 1 unspecified atom stereocenters. The standard InChI is InChI=1S/C53H65N11O5/c1-33-30-60(31-36-6-12-43-46(28-36)59(4)53(68)64(43)44-13-15-48(65)57-50(44)66)26-27-63(33)32-35-17-22-62(23-18-35)52(67)39-9-7-37(8-10-39)38-19-24-61(25-20-38)34(2)45-29-42-40(16-21-55-49(42)58(45)3)41-11-14-47(54)56-51(41)69-5/h6-12,14,16,21,28-29,33-35,38,44H,13,15,17-20,22-27,30-32H2,1-5H3,(H2,54,56)(H,57,65,66)/t33-,34-,44?/m0/s1. The van der Waals surface area contributed by atoms with E-state index in [9.17, 15) is 19.2 Å². The van der Waals surface area contributed by atoms with E-state index < -0.39 is 11.9 Å². The first-order chi connectivity index (χ1) is 33.3. The number of rotatable bonds is 11. The molecule has 4 aliphatic rings. The Morgan fingerprint density at radius 3 is 2.35 bits per heavy atom. The Kier molecular flexibility index (Phi) is 12.9. The maximum absolute atomic E-state index is 13.8. The summed E-state index contributed by atoms with van der Waals surface area (Å²) in [5, 5.41) is 3.45. The number of imidazole rings is 1. The highest BCUT2D eigenvalue weighted by atomic mass is 16.5. The quantitative estimate of drug-likeness (QED) is 0.150. The van der Waals surface area contributed by atoms with E-state index in [-0.39, 0.29) is 30.0 Å². The van der Waals surface area contributed by atoms with Gasteiger partial charge in [-0.3, -0.25) is 43.5 Å². The average Bonchev–Trinajstić information content (AvgIpc) is 3.83. The molecule has 0 radical (unpaired) electrons. The first-order valence-electron chi connectivity index (χ1n) is 24.7. The van der Waals surface area contributed by atoms with Crippen molar-refractivity contribution in [3.8, 4) is 17.0 Å². The Bertz CT molecular complexity index is 2960. The third-order valence-electron chi connectivity index (χ3n) is 15.8. The summed E-state index contributed by atoms with van der Waals surface area (Å²) in [5.74, 6) is 1.35. The first-order valence-corrected chi connectivity index (χ1v) is 24.7. The molecule has 4 saturated heterocycles. The summed E-state index contributed by atoms with van der Waals surface area (Å²) in [6.07, 6.45) is 6.52. The van der Waals surface area contributed by atoms with Crippen LogP contribution in [0.5, 0.6) is 5.88 Å². The smallest absolute Gasteiger partial charge is 0.329 e. The van der Waals surface area contributed by atoms with Crippen LogP contribution in [-0.2, 0) is 30.2 Å². The molecule has 0 saturated carbocycles. The van der Waals surface area contributed by atoms with Gasteiger partial charge >= 0.3 is 5.69 Å². The maximum atomic E-state index is 13.8. The zero-order valence-electron chi connectivity index (χ0n) is 40.6. The molecule has 0 spiro atoms. The van der Waals surface area contributed by atoms with Crippen LogP contribution in [0.15, 0.2) is 77.7 Å². The second-order valence-corrected chi connectivity index (χ2v) is 19.9. The molecule has 8 heterocycles. The van der Waals surface area contributed by atoms with E-state index in [0.29, 0.717) is 41.5 Å². The zero-order chi connectivity index (χ0) is 48.1. The third-order valence-corrected chi connectivity index (χ3v) is 15.8. The number of carbonyl (C=O) groups excluding carboxylic acids is 3. The van der Waals surface area contributed by atoms with Crippen molar-refractivity contribution >= 4 is 45.6 Å². The van der Waals surface area contributed by atoms with Crippen molar-refractivity contribution in [2.75, 3.05) is 65.2 Å². The molecule has 69 heavy (non-hydrogen) atoms. The first kappa shape index (κ1) is 46.4. The molecule has 16 heteroatoms. The largest absolute Gasteiger partial charge is 0.480 e. The second-order valence-electron chi connectivity index (χ2n) is 19.9. The fourth-order valence-corrected chi connectivity index (χ4v) is 11.7. The molecule has 362 valence electrons. The Labute approximate surface area is 403 Å². The number of aromatic nitrogens is 5. The van der Waals surface area contributed by atoms with Gasteiger partial charge in [0.05, 0.1) is 18.1 Å². The number of benzene rings is 2. The number of hydrogen-bond acceptors (Lipinski definition) is 11. The van der Waals surface area contributed by atoms with E-state index in [2.05, 4.69) is 80.8 Å². The van der Waals surface area contributed by atoms with Crippen molar-refractivity contribution in [1.82, 2.24) is 48.6 Å². The number of anilines is 1. The molecule has 0 bridgehead atoms. The highest BCUT2D eigenvalue weighted by Crippen LogP contribution is 2.38. The number of imide groups is 1. The van der Waals surface area contributed by atoms with Crippen molar-refractivity contribution in [2.45, 2.75) is 83.0 Å². The normalized spacial score (nSPS) is 21.0. The van der Waals surface area contributed by atoms with Crippen LogP contribution in [-0.4, -0.2) is 127 Å². The Morgan fingerprint density at radius 2 is 1.62 bits per heavy atom. The minimum absolute atomic E-state index is 0.134. The van der Waals surface area contributed by atoms with Gasteiger partial charge in [-0.15, -0.1) is 0 Å². The molecule has 6 aromatic rings. The molecule has 16 nitrogen and oxygen atoms in total. The lowest BCUT2D eigenvalue weighted by molar-refractivity contribution is -0.135. The van der Waals surface area contributed by atoms with Crippen LogP contribution in [0.2, 0.25) is 0 Å². The molecular formula is C53H65N11O5. The predicted molar refractivity (Wildman–Crippen MR) is 267 cm³/mol. The molecule has 4 aromatic heterocycles. The molecule has 3 atom stereocenters. The van der Waals surface area contributed by atoms with Gasteiger partial charge in [0.1, 0.15) is 17.5 Å². The van der Waals surface area contributed by atoms with Crippen LogP contribution in [0, 0.1) is 5.92 Å². The van der Waals surface area contributed by atoms with Crippen LogP contribution in [0.4, 0.5) is 5.82 Å². The molecule has 2 aromatic carbocycles. The maximum Gasteiger partial charge on any atom is 0.329 e. The number of likely N-dealkylation sites (tertiary alicyclic amines) is 2. The van der Waals surface area contributed by atoms with E-state index in [4.69, 9.17) is 15.5 Å². The lowest BCUT2D eigenvalue weighted by Crippen LogP contribution is -2.53. The fourth-order valence-electron chi connectivity index (χ4n) is 11.7. The van der Waals surface area contributed by atoms with Crippen LogP contribution in [0.1, 0.15) is 97.6 Å². The second kappa shape index (κ2) is 19.2. The Balaban J connectivity index is 0.684. The highest BCUT2D eigenvalue weighted by molar-refractivity contribution is 6.00. The van der Waals surface area contributed by atoms with Crippen molar-refractivity contribution in [2.24, 2.45) is 20.0 Å². The van der Waals surface area contributed by atoms with Crippen molar-refractivity contribution in [1.29, 1.82) is 0 Å². The zero-order valence-corrected chi connectivity index (χ0v) is 40.6. The van der Waals surface area contributed by atoms with Crippen LogP contribution < -0.4 is 21.5 Å². The number of piperidine rings is 3. The average molecular weight is 936 g/mol. The fraction of sp³-hybridized carbons (Fsp3) is 0.472. The van der Waals surface area contributed by atoms with Gasteiger partial charge in [0.15, 0.2) is 0 Å². The summed E-state index contributed by atoms with van der Waals surface area (Å²) >= 11 is 0. The topological polar surface area (TPSA) is 169 Å². The lowest BCUT2D eigenvalue weighted by Gasteiger charge is -2.42. The van der Waals surface area contributed by atoms with Gasteiger partial charge in [0.2, 0.25) is 17.7 Å². The summed E-state index contributed by atoms with van der Waals surface area (Å²) in [5.41, 5.74) is 14.5. The summed E-state index contributed by atoms with van der Waals surface area (Å²) < 4.78 is 11.0. The number of amides is 3. The number of nitrogens with two attached hydrogens (primary N) is 1. The Hall–Kier alpha value is -6.36. The van der Waals surface area contributed by atoms with Gasteiger partial charge in [-0.1, -0.05) is 18.2 Å². The molecule has 4 aliphatic heterocycles. The minimum Gasteiger partial charge on any atom is -0.480 e. The number of carbonyl (C=O) groups is 3. The number of ether oxygens (including phenoxy) is 1. The summed E-state index contributed by atoms with van der Waals surface area (Å²) in [4.78, 5) is 70.3. The predicted octanol–water partition coefficient (Wildman–Crippen LogP) is 5.86. The summed E-state index contributed by atoms with van der Waals surface area (Å²) in [7, 11) is 5.45. The van der Waals surface area contributed by atoms with Gasteiger partial charge in [-0.2, -0.15) is 4.98 Å². The number of fused-ring (bicyclic) bond motifs is 2. The third kappa shape index (κ3) is 9.05. The number of hydrogen-bond donors (Lipinski definition) is 2. The number of nitrogens with one attached hydrogen (secondary N) is 1. The van der Waals surface area contributed by atoms with E-state index in [1.165, 1.54) is 15.8 Å². The Morgan fingerprint density at radius 1 is 0.855 bits per heavy atom. The van der Waals surface area contributed by atoms with E-state index in [0.717, 1.165) is 123 Å². The lowest BCUT2D eigenvalue weighted by atomic mass is 9.88. The molecular weight excluding hydrogens is 871 g/mol. The van der Waals surface area contributed by atoms with Crippen molar-refractivity contribution in [3.05, 3.63) is 106 Å². The molecule has 0 aliphatic carbocycles. The molecule has 10 rings (SSSR count). The SMILES string of the molecule is COc1nc(N)ccc1-c1ccnc2c1cc([C@H](C)N1CCC(c3ccc(C(=O)N4CCC(CN5CCN(Cc6ccc7c(c6)n(C)c(=O)n7C6CCC(=O)NC6=O)C[C@@H]5C)CC4)cc3)CC1)n2C. The molecule has 3 amide bonds. The highest BCUT2D eigenvalue weighted by Gasteiger charge is 2.33. The van der Waals surface area contributed by atoms with Crippen molar-refractivity contribution < 1.29 is 19.1 Å². The molecule has 3 N–H and O–H groups in total. The van der Waals surface area contributed by atoms with Gasteiger partial charge in [-0.25, -0.2) is 9.78 Å². The number of pyridine rings is 2. The van der Waals surface area contributed by atoms with Gasteiger partial charge < -0.3 is 19.9 Å². The number of nitrogens with zero attached hydrogens (tertiary/aromatic N) is 9. The summed E-state index contributed by atoms with van der Waals surface area (Å²) in [6.45, 7) is 12.9. The number of piperazine rings is 1. The number of aryl methyl sites for hydroxylation is 2. The van der Waals surface area contributed by atoms with Gasteiger partial charge in [-0.05, 0) is 136 Å². The monoisotopic (exact) mass is 936 g/mol. The van der Waals surface area contributed by atoms with Crippen LogP contribution >= 0.6 is 0 Å². The van der Waals surface area contributed by atoms with E-state index in [1.54, 1.807) is 24.8 Å². The number of nitrogen functional groups attached to an aromatic ring is 1. The van der Waals surface area contributed by atoms with Gasteiger partial charge in [0.25, 0.3) is 5.91 Å². The van der Waals surface area contributed by atoms with E-state index >= 15 is 0 Å². The van der Waals surface area contributed by atoms with Crippen molar-refractivity contribution in [3.63, 3.8) is 0 Å². The molecule has 4 fully saturated rings.